The van der Waals surface area contributed by atoms with Crippen LogP contribution in [-0.2, 0) is 19.0 Å². The van der Waals surface area contributed by atoms with Crippen LogP contribution < -0.4 is 10.5 Å². The molecule has 194 valence electrons. The van der Waals surface area contributed by atoms with Crippen molar-refractivity contribution in [3.63, 3.8) is 0 Å². The van der Waals surface area contributed by atoms with E-state index in [4.69, 9.17) is 10.2 Å². The van der Waals surface area contributed by atoms with Crippen molar-refractivity contribution in [1.29, 1.82) is 10.5 Å². The molecule has 1 aliphatic rings. The number of anilines is 1. The second-order valence-corrected chi connectivity index (χ2v) is 10.5. The molecule has 0 bridgehead atoms. The highest BCUT2D eigenvalue weighted by molar-refractivity contribution is 5.88. The largest absolute Gasteiger partial charge is 0.364 e. The summed E-state index contributed by atoms with van der Waals surface area (Å²) in [4.78, 5) is 22.5. The first-order chi connectivity index (χ1) is 17.6. The van der Waals surface area contributed by atoms with Crippen LogP contribution >= 0.6 is 0 Å². The minimum atomic E-state index is -0.571. The molecule has 3 aromatic heterocycles. The Morgan fingerprint density at radius 3 is 2.49 bits per heavy atom. The molecule has 9 nitrogen and oxygen atoms in total. The van der Waals surface area contributed by atoms with Crippen LogP contribution in [0.3, 0.4) is 0 Å². The average Bonchev–Trinajstić information content (AvgIpc) is 3.34. The first-order valence-corrected chi connectivity index (χ1v) is 13.0. The number of aryl methyl sites for hydroxylation is 1. The third-order valence-electron chi connectivity index (χ3n) is 7.87. The Labute approximate surface area is 218 Å². The molecule has 0 aliphatic carbocycles. The van der Waals surface area contributed by atoms with E-state index < -0.39 is 5.41 Å². The minimum absolute atomic E-state index is 0.0812. The number of pyridine rings is 2. The summed E-state index contributed by atoms with van der Waals surface area (Å²) in [7, 11) is 1.74. The van der Waals surface area contributed by atoms with Gasteiger partial charge in [0.2, 0.25) is 0 Å². The molecule has 4 heterocycles. The third-order valence-corrected chi connectivity index (χ3v) is 7.87. The van der Waals surface area contributed by atoms with E-state index >= 15 is 0 Å². The summed E-state index contributed by atoms with van der Waals surface area (Å²) in [5.74, 6) is 0. The quantitative estimate of drug-likeness (QED) is 0.484. The van der Waals surface area contributed by atoms with E-state index in [9.17, 15) is 10.1 Å². The molecule has 4 rings (SSSR count). The second kappa shape index (κ2) is 10.4. The summed E-state index contributed by atoms with van der Waals surface area (Å²) >= 11 is 0. The number of rotatable bonds is 7. The van der Waals surface area contributed by atoms with Gasteiger partial charge >= 0.3 is 0 Å². The fraction of sp³-hybridized carbons (Fsp3) is 0.536. The van der Waals surface area contributed by atoms with E-state index in [0.29, 0.717) is 0 Å². The Morgan fingerprint density at radius 2 is 1.89 bits per heavy atom. The Balaban J connectivity index is 1.67. The lowest BCUT2D eigenvalue weighted by atomic mass is 9.87. The minimum Gasteiger partial charge on any atom is -0.364 e. The predicted molar refractivity (Wildman–Crippen MR) is 144 cm³/mol. The van der Waals surface area contributed by atoms with Gasteiger partial charge in [0.05, 0.1) is 40.6 Å². The summed E-state index contributed by atoms with van der Waals surface area (Å²) in [5.41, 5.74) is 3.59. The molecule has 0 amide bonds. The lowest BCUT2D eigenvalue weighted by Gasteiger charge is -2.49. The lowest BCUT2D eigenvalue weighted by Crippen LogP contribution is -2.59. The molecule has 3 aromatic rings. The topological polar surface area (TPSA) is 107 Å². The zero-order valence-electron chi connectivity index (χ0n) is 22.6. The highest BCUT2D eigenvalue weighted by Gasteiger charge is 2.37. The molecule has 3 atom stereocenters. The van der Waals surface area contributed by atoms with Gasteiger partial charge in [0, 0.05) is 50.5 Å². The zero-order valence-corrected chi connectivity index (χ0v) is 22.6. The van der Waals surface area contributed by atoms with E-state index in [1.165, 1.54) is 0 Å². The number of aromatic nitrogens is 4. The van der Waals surface area contributed by atoms with E-state index in [1.807, 2.05) is 32.2 Å². The van der Waals surface area contributed by atoms with Gasteiger partial charge in [-0.1, -0.05) is 19.9 Å². The van der Waals surface area contributed by atoms with E-state index in [2.05, 4.69) is 47.8 Å². The van der Waals surface area contributed by atoms with E-state index in [-0.39, 0.29) is 30.2 Å². The van der Waals surface area contributed by atoms with Gasteiger partial charge in [-0.2, -0.15) is 15.6 Å². The highest BCUT2D eigenvalue weighted by Crippen LogP contribution is 2.34. The lowest BCUT2D eigenvalue weighted by molar-refractivity contribution is 0.0991. The molecular formula is C28H36N8O. The van der Waals surface area contributed by atoms with Crippen LogP contribution in [0.4, 0.5) is 5.69 Å². The standard InChI is InChI=1S/C28H36N8O/c1-7-21-16-36(24-13-26(37)33(6)25-17-34(12-11-29)32-27(24)25)22(8-2)15-35(21)19(3)23-10-9-20(14-31-23)28(4,5)18-30/h9-10,13-14,17,19,21-22H,7-8,12,15-16H2,1-6H3/t19?,21-,22+/m1/s1. The van der Waals surface area contributed by atoms with Gasteiger partial charge in [0.25, 0.3) is 5.56 Å². The number of hydrogen-bond acceptors (Lipinski definition) is 7. The van der Waals surface area contributed by atoms with Crippen LogP contribution in [0.5, 0.6) is 0 Å². The van der Waals surface area contributed by atoms with Gasteiger partial charge in [-0.05, 0) is 45.2 Å². The molecule has 9 heteroatoms. The number of hydrogen-bond donors (Lipinski definition) is 0. The fourth-order valence-electron chi connectivity index (χ4n) is 5.32. The van der Waals surface area contributed by atoms with Crippen molar-refractivity contribution < 1.29 is 0 Å². The maximum absolute atomic E-state index is 12.9. The molecule has 37 heavy (non-hydrogen) atoms. The molecule has 1 unspecified atom stereocenters. The highest BCUT2D eigenvalue weighted by atomic mass is 16.1. The van der Waals surface area contributed by atoms with Crippen molar-refractivity contribution in [3.05, 3.63) is 52.2 Å². The maximum Gasteiger partial charge on any atom is 0.252 e. The summed E-state index contributed by atoms with van der Waals surface area (Å²) < 4.78 is 3.20. The number of nitriles is 2. The van der Waals surface area contributed by atoms with Gasteiger partial charge in [-0.25, -0.2) is 0 Å². The molecule has 0 aromatic carbocycles. The van der Waals surface area contributed by atoms with Gasteiger partial charge < -0.3 is 9.47 Å². The summed E-state index contributed by atoms with van der Waals surface area (Å²) in [6.07, 6.45) is 5.48. The number of fused-ring (bicyclic) bond motifs is 1. The average molecular weight is 501 g/mol. The van der Waals surface area contributed by atoms with E-state index in [0.717, 1.165) is 53.9 Å². The fourth-order valence-corrected chi connectivity index (χ4v) is 5.32. The summed E-state index contributed by atoms with van der Waals surface area (Å²) in [5, 5.41) is 23.3. The second-order valence-electron chi connectivity index (χ2n) is 10.5. The van der Waals surface area contributed by atoms with Gasteiger partial charge in [-0.15, -0.1) is 0 Å². The Hall–Kier alpha value is -3.69. The predicted octanol–water partition coefficient (Wildman–Crippen LogP) is 3.90. The molecule has 0 radical (unpaired) electrons. The molecular weight excluding hydrogens is 464 g/mol. The van der Waals surface area contributed by atoms with Gasteiger partial charge in [0.15, 0.2) is 0 Å². The van der Waals surface area contributed by atoms with Crippen molar-refractivity contribution in [1.82, 2.24) is 24.2 Å². The van der Waals surface area contributed by atoms with Crippen LogP contribution in [0, 0.1) is 22.7 Å². The first-order valence-electron chi connectivity index (χ1n) is 13.0. The van der Waals surface area contributed by atoms with Crippen LogP contribution in [0.2, 0.25) is 0 Å². The molecule has 0 N–H and O–H groups in total. The summed E-state index contributed by atoms with van der Waals surface area (Å²) in [6.45, 7) is 12.1. The molecule has 0 spiro atoms. The van der Waals surface area contributed by atoms with Crippen LogP contribution in [0.1, 0.15) is 64.8 Å². The van der Waals surface area contributed by atoms with Gasteiger partial charge in [0.1, 0.15) is 12.1 Å². The van der Waals surface area contributed by atoms with E-state index in [1.54, 1.807) is 28.6 Å². The summed E-state index contributed by atoms with van der Waals surface area (Å²) in [6, 6.07) is 10.8. The monoisotopic (exact) mass is 500 g/mol. The number of piperazine rings is 1. The van der Waals surface area contributed by atoms with Crippen LogP contribution in [0.15, 0.2) is 35.4 Å². The van der Waals surface area contributed by atoms with Crippen molar-refractivity contribution in [2.24, 2.45) is 7.05 Å². The zero-order chi connectivity index (χ0) is 26.9. The normalized spacial score (nSPS) is 19.5. The third kappa shape index (κ3) is 4.84. The molecule has 1 saturated heterocycles. The SMILES string of the molecule is CC[C@H]1CN(C(C)c2ccc(C(C)(C)C#N)cn2)[C@H](CC)CN1c1cc(=O)n(C)c2cn(CC#N)nc12. The van der Waals surface area contributed by atoms with Crippen molar-refractivity contribution >= 4 is 16.7 Å². The van der Waals surface area contributed by atoms with Crippen LogP contribution in [0.25, 0.3) is 11.0 Å². The molecule has 1 fully saturated rings. The maximum atomic E-state index is 12.9. The molecule has 0 saturated carbocycles. The smallest absolute Gasteiger partial charge is 0.252 e. The van der Waals surface area contributed by atoms with Crippen molar-refractivity contribution in [3.8, 4) is 12.1 Å². The van der Waals surface area contributed by atoms with Crippen molar-refractivity contribution in [2.45, 2.75) is 77.5 Å². The Bertz CT molecular complexity index is 1410. The number of nitrogens with zero attached hydrogens (tertiary/aromatic N) is 8. The first kappa shape index (κ1) is 26.4. The Kier molecular flexibility index (Phi) is 7.38. The molecule has 1 aliphatic heterocycles. The van der Waals surface area contributed by atoms with Crippen LogP contribution in [-0.4, -0.2) is 49.4 Å². The van der Waals surface area contributed by atoms with Gasteiger partial charge in [-0.3, -0.25) is 19.4 Å². The Morgan fingerprint density at radius 1 is 1.16 bits per heavy atom. The van der Waals surface area contributed by atoms with Crippen molar-refractivity contribution in [2.75, 3.05) is 18.0 Å².